The van der Waals surface area contributed by atoms with E-state index in [0.717, 1.165) is 26.6 Å². The number of aryl methyl sites for hydroxylation is 1. The molecule has 2 N–H and O–H groups in total. The summed E-state index contributed by atoms with van der Waals surface area (Å²) in [5.74, 6) is -0.160. The van der Waals surface area contributed by atoms with Gasteiger partial charge < -0.3 is 5.32 Å². The molecule has 4 nitrogen and oxygen atoms in total. The van der Waals surface area contributed by atoms with Gasteiger partial charge in [0.1, 0.15) is 0 Å². The number of fused-ring (bicyclic) bond motifs is 1. The van der Waals surface area contributed by atoms with Crippen molar-refractivity contribution in [3.63, 3.8) is 0 Å². The second kappa shape index (κ2) is 5.09. The molecule has 0 bridgehead atoms. The Bertz CT molecular complexity index is 795. The van der Waals surface area contributed by atoms with Crippen LogP contribution < -0.4 is 5.32 Å². The predicted molar refractivity (Wildman–Crippen MR) is 82.9 cm³/mol. The summed E-state index contributed by atoms with van der Waals surface area (Å²) in [6, 6.07) is 11.9. The fourth-order valence-electron chi connectivity index (χ4n) is 2.07. The van der Waals surface area contributed by atoms with Crippen LogP contribution in [0, 0.1) is 6.92 Å². The van der Waals surface area contributed by atoms with Crippen LogP contribution in [-0.2, 0) is 0 Å². The van der Waals surface area contributed by atoms with Crippen molar-refractivity contribution in [2.24, 2.45) is 0 Å². The van der Waals surface area contributed by atoms with E-state index >= 15 is 0 Å². The Balaban J connectivity index is 1.90. The largest absolute Gasteiger partial charge is 0.322 e. The predicted octanol–water partition coefficient (Wildman–Crippen LogP) is 3.89. The first-order chi connectivity index (χ1) is 9.63. The van der Waals surface area contributed by atoms with Gasteiger partial charge in [-0.2, -0.15) is 5.10 Å². The SMILES string of the molecule is Cc1[nH]ncc1C(=O)Nc1ccc2cc(Br)ccc2c1. The molecule has 1 heterocycles. The number of aromatic nitrogens is 2. The first-order valence-electron chi connectivity index (χ1n) is 6.14. The van der Waals surface area contributed by atoms with E-state index in [1.54, 1.807) is 0 Å². The van der Waals surface area contributed by atoms with E-state index < -0.39 is 0 Å². The van der Waals surface area contributed by atoms with Gasteiger partial charge in [-0.3, -0.25) is 9.89 Å². The second-order valence-corrected chi connectivity index (χ2v) is 5.48. The van der Waals surface area contributed by atoms with Gasteiger partial charge in [0, 0.05) is 15.9 Å². The summed E-state index contributed by atoms with van der Waals surface area (Å²) in [6.45, 7) is 1.82. The number of rotatable bonds is 2. The van der Waals surface area contributed by atoms with Gasteiger partial charge in [0.05, 0.1) is 11.8 Å². The third-order valence-corrected chi connectivity index (χ3v) is 3.63. The standard InChI is InChI=1S/C15H12BrN3O/c1-9-14(8-17-19-9)15(20)18-13-5-3-10-6-12(16)4-2-11(10)7-13/h2-8H,1H3,(H,17,19)(H,18,20). The minimum absolute atomic E-state index is 0.160. The second-order valence-electron chi connectivity index (χ2n) is 4.57. The Labute approximate surface area is 124 Å². The summed E-state index contributed by atoms with van der Waals surface area (Å²) < 4.78 is 1.04. The average molecular weight is 330 g/mol. The third kappa shape index (κ3) is 2.44. The van der Waals surface area contributed by atoms with E-state index in [-0.39, 0.29) is 5.91 Å². The molecule has 0 unspecified atom stereocenters. The number of amides is 1. The van der Waals surface area contributed by atoms with Crippen LogP contribution in [0.4, 0.5) is 5.69 Å². The molecule has 3 rings (SSSR count). The molecule has 0 saturated carbocycles. The van der Waals surface area contributed by atoms with Crippen molar-refractivity contribution in [3.8, 4) is 0 Å². The van der Waals surface area contributed by atoms with Gasteiger partial charge in [0.25, 0.3) is 5.91 Å². The van der Waals surface area contributed by atoms with Gasteiger partial charge in [0.2, 0.25) is 0 Å². The van der Waals surface area contributed by atoms with Gasteiger partial charge in [0.15, 0.2) is 0 Å². The monoisotopic (exact) mass is 329 g/mol. The fourth-order valence-corrected chi connectivity index (χ4v) is 2.45. The number of anilines is 1. The average Bonchev–Trinajstić information content (AvgIpc) is 2.85. The van der Waals surface area contributed by atoms with E-state index in [2.05, 4.69) is 31.4 Å². The zero-order valence-corrected chi connectivity index (χ0v) is 12.4. The maximum Gasteiger partial charge on any atom is 0.259 e. The van der Waals surface area contributed by atoms with E-state index in [9.17, 15) is 4.79 Å². The molecule has 0 fully saturated rings. The molecule has 0 aliphatic heterocycles. The minimum atomic E-state index is -0.160. The van der Waals surface area contributed by atoms with Crippen molar-refractivity contribution >= 4 is 38.3 Å². The molecule has 1 aromatic heterocycles. The topological polar surface area (TPSA) is 57.8 Å². The third-order valence-electron chi connectivity index (χ3n) is 3.13. The normalized spacial score (nSPS) is 10.7. The summed E-state index contributed by atoms with van der Waals surface area (Å²) in [5, 5.41) is 11.7. The lowest BCUT2D eigenvalue weighted by molar-refractivity contribution is 0.102. The highest BCUT2D eigenvalue weighted by atomic mass is 79.9. The highest BCUT2D eigenvalue weighted by Gasteiger charge is 2.11. The number of hydrogen-bond donors (Lipinski definition) is 2. The highest BCUT2D eigenvalue weighted by Crippen LogP contribution is 2.23. The Hall–Kier alpha value is -2.14. The van der Waals surface area contributed by atoms with Gasteiger partial charge in [-0.25, -0.2) is 0 Å². The molecule has 0 saturated heterocycles. The van der Waals surface area contributed by atoms with Gasteiger partial charge in [-0.1, -0.05) is 28.1 Å². The number of aromatic amines is 1. The Morgan fingerprint density at radius 1 is 1.20 bits per heavy atom. The summed E-state index contributed by atoms with van der Waals surface area (Å²) in [7, 11) is 0. The van der Waals surface area contributed by atoms with Crippen LogP contribution >= 0.6 is 15.9 Å². The van der Waals surface area contributed by atoms with Crippen LogP contribution in [0.5, 0.6) is 0 Å². The minimum Gasteiger partial charge on any atom is -0.322 e. The van der Waals surface area contributed by atoms with Crippen molar-refractivity contribution in [2.45, 2.75) is 6.92 Å². The first-order valence-corrected chi connectivity index (χ1v) is 6.93. The number of nitrogens with zero attached hydrogens (tertiary/aromatic N) is 1. The molecule has 0 spiro atoms. The number of nitrogens with one attached hydrogen (secondary N) is 2. The number of benzene rings is 2. The Kier molecular flexibility index (Phi) is 3.28. The van der Waals surface area contributed by atoms with E-state index in [0.29, 0.717) is 5.56 Å². The molecule has 0 radical (unpaired) electrons. The van der Waals surface area contributed by atoms with Crippen LogP contribution in [0.1, 0.15) is 16.1 Å². The molecule has 0 aliphatic carbocycles. The van der Waals surface area contributed by atoms with Crippen molar-refractivity contribution in [1.82, 2.24) is 10.2 Å². The molecule has 0 aliphatic rings. The van der Waals surface area contributed by atoms with Crippen molar-refractivity contribution in [3.05, 3.63) is 58.3 Å². The maximum absolute atomic E-state index is 12.1. The molecule has 2 aromatic carbocycles. The quantitative estimate of drug-likeness (QED) is 0.749. The summed E-state index contributed by atoms with van der Waals surface area (Å²) in [5.41, 5.74) is 2.08. The molecule has 3 aromatic rings. The molecular weight excluding hydrogens is 318 g/mol. The smallest absolute Gasteiger partial charge is 0.259 e. The number of carbonyl (C=O) groups is 1. The Morgan fingerprint density at radius 2 is 1.95 bits per heavy atom. The highest BCUT2D eigenvalue weighted by molar-refractivity contribution is 9.10. The van der Waals surface area contributed by atoms with E-state index in [1.807, 2.05) is 43.3 Å². The zero-order chi connectivity index (χ0) is 14.1. The lowest BCUT2D eigenvalue weighted by Gasteiger charge is -2.06. The maximum atomic E-state index is 12.1. The lowest BCUT2D eigenvalue weighted by atomic mass is 10.1. The summed E-state index contributed by atoms with van der Waals surface area (Å²) in [6.07, 6.45) is 1.53. The zero-order valence-electron chi connectivity index (χ0n) is 10.8. The van der Waals surface area contributed by atoms with Crippen molar-refractivity contribution in [2.75, 3.05) is 5.32 Å². The van der Waals surface area contributed by atoms with Crippen molar-refractivity contribution < 1.29 is 4.79 Å². The summed E-state index contributed by atoms with van der Waals surface area (Å²) in [4.78, 5) is 12.1. The molecule has 100 valence electrons. The summed E-state index contributed by atoms with van der Waals surface area (Å²) >= 11 is 3.45. The molecule has 20 heavy (non-hydrogen) atoms. The van der Waals surface area contributed by atoms with E-state index in [4.69, 9.17) is 0 Å². The molecular formula is C15H12BrN3O. The lowest BCUT2D eigenvalue weighted by Crippen LogP contribution is -2.12. The van der Waals surface area contributed by atoms with Crippen LogP contribution in [0.3, 0.4) is 0 Å². The number of H-pyrrole nitrogens is 1. The van der Waals surface area contributed by atoms with E-state index in [1.165, 1.54) is 6.20 Å². The molecule has 1 amide bonds. The van der Waals surface area contributed by atoms with Crippen LogP contribution in [0.2, 0.25) is 0 Å². The number of carbonyl (C=O) groups excluding carboxylic acids is 1. The van der Waals surface area contributed by atoms with Gasteiger partial charge >= 0.3 is 0 Å². The molecule has 0 atom stereocenters. The fraction of sp³-hybridized carbons (Fsp3) is 0.0667. The van der Waals surface area contributed by atoms with Crippen molar-refractivity contribution in [1.29, 1.82) is 0 Å². The van der Waals surface area contributed by atoms with Crippen LogP contribution in [-0.4, -0.2) is 16.1 Å². The number of hydrogen-bond acceptors (Lipinski definition) is 2. The molecule has 5 heteroatoms. The number of halogens is 1. The van der Waals surface area contributed by atoms with Crippen LogP contribution in [0.25, 0.3) is 10.8 Å². The first kappa shape index (κ1) is 12.9. The van der Waals surface area contributed by atoms with Crippen LogP contribution in [0.15, 0.2) is 47.1 Å². The van der Waals surface area contributed by atoms with Gasteiger partial charge in [-0.15, -0.1) is 0 Å². The van der Waals surface area contributed by atoms with Gasteiger partial charge in [-0.05, 0) is 42.0 Å². The Morgan fingerprint density at radius 3 is 2.70 bits per heavy atom.